The van der Waals surface area contributed by atoms with Gasteiger partial charge >= 0.3 is 0 Å². The fraction of sp³-hybridized carbons (Fsp3) is 0.625. The van der Waals surface area contributed by atoms with Crippen molar-refractivity contribution in [1.29, 1.82) is 0 Å². The maximum atomic E-state index is 9.45. The lowest BCUT2D eigenvalue weighted by Gasteiger charge is -2.32. The predicted molar refractivity (Wildman–Crippen MR) is 82.2 cm³/mol. The van der Waals surface area contributed by atoms with Gasteiger partial charge in [0.15, 0.2) is 0 Å². The lowest BCUT2D eigenvalue weighted by molar-refractivity contribution is 0.142. The number of aromatic hydroxyl groups is 1. The zero-order valence-electron chi connectivity index (χ0n) is 12.1. The molecule has 20 heavy (non-hydrogen) atoms. The van der Waals surface area contributed by atoms with Crippen LogP contribution in [0.15, 0.2) is 18.2 Å². The molecule has 0 aliphatic carbocycles. The number of rotatable bonds is 6. The lowest BCUT2D eigenvalue weighted by Crippen LogP contribution is -2.35. The Morgan fingerprint density at radius 3 is 3.05 bits per heavy atom. The van der Waals surface area contributed by atoms with E-state index >= 15 is 0 Å². The number of phenols is 1. The summed E-state index contributed by atoms with van der Waals surface area (Å²) in [5.41, 5.74) is 1.17. The number of benzene rings is 1. The molecule has 112 valence electrons. The van der Waals surface area contributed by atoms with Crippen molar-refractivity contribution in [2.24, 2.45) is 5.92 Å². The van der Waals surface area contributed by atoms with Gasteiger partial charge in [-0.05, 0) is 55.8 Å². The van der Waals surface area contributed by atoms with Gasteiger partial charge in [-0.1, -0.05) is 17.7 Å². The second-order valence-corrected chi connectivity index (χ2v) is 6.07. The largest absolute Gasteiger partial charge is 0.506 e. The van der Waals surface area contributed by atoms with E-state index in [-0.39, 0.29) is 5.75 Å². The Kier molecular flexibility index (Phi) is 6.14. The van der Waals surface area contributed by atoms with Crippen LogP contribution in [-0.4, -0.2) is 36.8 Å². The van der Waals surface area contributed by atoms with Crippen LogP contribution in [-0.2, 0) is 11.3 Å². The number of halogens is 1. The molecule has 1 heterocycles. The molecule has 0 bridgehead atoms. The number of methoxy groups -OCH3 is 1. The topological polar surface area (TPSA) is 32.7 Å². The molecule has 0 amide bonds. The number of hydrogen-bond donors (Lipinski definition) is 1. The van der Waals surface area contributed by atoms with E-state index in [4.69, 9.17) is 16.3 Å². The Morgan fingerprint density at radius 2 is 2.30 bits per heavy atom. The van der Waals surface area contributed by atoms with Gasteiger partial charge in [0.25, 0.3) is 0 Å². The van der Waals surface area contributed by atoms with Crippen LogP contribution >= 0.6 is 11.6 Å². The molecule has 1 saturated heterocycles. The van der Waals surface area contributed by atoms with Crippen molar-refractivity contribution < 1.29 is 9.84 Å². The summed E-state index contributed by atoms with van der Waals surface area (Å²) in [5, 5.41) is 9.90. The zero-order valence-corrected chi connectivity index (χ0v) is 12.9. The zero-order chi connectivity index (χ0) is 14.4. The van der Waals surface area contributed by atoms with E-state index in [9.17, 15) is 5.11 Å². The van der Waals surface area contributed by atoms with Gasteiger partial charge in [-0.2, -0.15) is 0 Å². The normalized spacial score (nSPS) is 20.2. The van der Waals surface area contributed by atoms with Crippen LogP contribution in [0.4, 0.5) is 0 Å². The number of nitrogens with zero attached hydrogens (tertiary/aromatic N) is 1. The van der Waals surface area contributed by atoms with Crippen molar-refractivity contribution in [3.63, 3.8) is 0 Å². The first kappa shape index (κ1) is 15.6. The van der Waals surface area contributed by atoms with E-state index in [1.807, 2.05) is 12.1 Å². The Bertz CT molecular complexity index is 425. The van der Waals surface area contributed by atoms with Crippen LogP contribution in [0.25, 0.3) is 0 Å². The van der Waals surface area contributed by atoms with Crippen LogP contribution in [0, 0.1) is 5.92 Å². The minimum Gasteiger partial charge on any atom is -0.506 e. The maximum Gasteiger partial charge on any atom is 0.134 e. The minimum absolute atomic E-state index is 0.159. The second-order valence-electron chi connectivity index (χ2n) is 5.66. The maximum absolute atomic E-state index is 9.45. The fourth-order valence-corrected chi connectivity index (χ4v) is 3.16. The Hall–Kier alpha value is -0.770. The highest BCUT2D eigenvalue weighted by Gasteiger charge is 2.19. The van der Waals surface area contributed by atoms with E-state index in [0.717, 1.165) is 38.6 Å². The van der Waals surface area contributed by atoms with Crippen LogP contribution in [0.3, 0.4) is 0 Å². The van der Waals surface area contributed by atoms with Crippen LogP contribution < -0.4 is 0 Å². The molecule has 0 spiro atoms. The second kappa shape index (κ2) is 7.87. The Balaban J connectivity index is 1.84. The summed E-state index contributed by atoms with van der Waals surface area (Å²) in [6.45, 7) is 4.09. The molecule has 0 unspecified atom stereocenters. The number of phenolic OH excluding ortho intramolecular Hbond substituents is 1. The first-order valence-electron chi connectivity index (χ1n) is 7.37. The first-order valence-corrected chi connectivity index (χ1v) is 7.75. The summed E-state index contributed by atoms with van der Waals surface area (Å²) in [6.07, 6.45) is 5.00. The van der Waals surface area contributed by atoms with Gasteiger partial charge in [-0.15, -0.1) is 0 Å². The van der Waals surface area contributed by atoms with Gasteiger partial charge in [-0.3, -0.25) is 4.90 Å². The Labute approximate surface area is 126 Å². The average molecular weight is 298 g/mol. The van der Waals surface area contributed by atoms with Crippen molar-refractivity contribution in [3.05, 3.63) is 28.8 Å². The molecule has 1 aliphatic rings. The van der Waals surface area contributed by atoms with Gasteiger partial charge in [-0.25, -0.2) is 0 Å². The molecule has 1 aliphatic heterocycles. The SMILES string of the molecule is COCCC[C@H]1CCCN(Cc2ccc(O)c(Cl)c2)C1. The highest BCUT2D eigenvalue weighted by atomic mass is 35.5. The third-order valence-corrected chi connectivity index (χ3v) is 4.28. The highest BCUT2D eigenvalue weighted by molar-refractivity contribution is 6.32. The average Bonchev–Trinajstić information content (AvgIpc) is 2.44. The minimum atomic E-state index is 0.159. The molecule has 1 N–H and O–H groups in total. The van der Waals surface area contributed by atoms with Crippen LogP contribution in [0.5, 0.6) is 5.75 Å². The fourth-order valence-electron chi connectivity index (χ4n) is 2.95. The van der Waals surface area contributed by atoms with Crippen molar-refractivity contribution in [3.8, 4) is 5.75 Å². The molecule has 1 aromatic rings. The third-order valence-electron chi connectivity index (χ3n) is 3.98. The molecule has 2 rings (SSSR count). The molecule has 0 aromatic heterocycles. The summed E-state index contributed by atoms with van der Waals surface area (Å²) in [5.74, 6) is 0.943. The molecule has 1 aromatic carbocycles. The van der Waals surface area contributed by atoms with Crippen LogP contribution in [0.2, 0.25) is 5.02 Å². The lowest BCUT2D eigenvalue weighted by atomic mass is 9.93. The molecular formula is C16H24ClNO2. The molecule has 0 radical (unpaired) electrons. The van der Waals surface area contributed by atoms with Gasteiger partial charge in [0.2, 0.25) is 0 Å². The summed E-state index contributed by atoms with van der Waals surface area (Å²) < 4.78 is 5.13. The molecule has 0 saturated carbocycles. The highest BCUT2D eigenvalue weighted by Crippen LogP contribution is 2.26. The number of piperidine rings is 1. The van der Waals surface area contributed by atoms with Crippen LogP contribution in [0.1, 0.15) is 31.2 Å². The predicted octanol–water partition coefficient (Wildman–Crippen LogP) is 3.68. The van der Waals surface area contributed by atoms with E-state index in [1.54, 1.807) is 13.2 Å². The van der Waals surface area contributed by atoms with Gasteiger partial charge in [0.1, 0.15) is 5.75 Å². The smallest absolute Gasteiger partial charge is 0.134 e. The summed E-state index contributed by atoms with van der Waals surface area (Å²) in [7, 11) is 1.77. The van der Waals surface area contributed by atoms with E-state index < -0.39 is 0 Å². The van der Waals surface area contributed by atoms with Gasteiger partial charge < -0.3 is 9.84 Å². The van der Waals surface area contributed by atoms with E-state index in [0.29, 0.717) is 5.02 Å². The van der Waals surface area contributed by atoms with Crippen molar-refractivity contribution in [2.75, 3.05) is 26.8 Å². The van der Waals surface area contributed by atoms with E-state index in [2.05, 4.69) is 4.90 Å². The van der Waals surface area contributed by atoms with E-state index in [1.165, 1.54) is 24.8 Å². The summed E-state index contributed by atoms with van der Waals surface area (Å²) in [4.78, 5) is 2.49. The molecular weight excluding hydrogens is 274 g/mol. The Morgan fingerprint density at radius 1 is 1.45 bits per heavy atom. The van der Waals surface area contributed by atoms with Gasteiger partial charge in [0, 0.05) is 26.8 Å². The van der Waals surface area contributed by atoms with Gasteiger partial charge in [0.05, 0.1) is 5.02 Å². The van der Waals surface area contributed by atoms with Crippen molar-refractivity contribution in [1.82, 2.24) is 4.90 Å². The quantitative estimate of drug-likeness (QED) is 0.813. The number of ether oxygens (including phenoxy) is 1. The summed E-state index contributed by atoms with van der Waals surface area (Å²) >= 11 is 5.96. The third kappa shape index (κ3) is 4.65. The number of hydrogen-bond acceptors (Lipinski definition) is 3. The van der Waals surface area contributed by atoms with Crippen molar-refractivity contribution >= 4 is 11.6 Å². The number of likely N-dealkylation sites (tertiary alicyclic amines) is 1. The monoisotopic (exact) mass is 297 g/mol. The molecule has 1 fully saturated rings. The molecule has 1 atom stereocenters. The first-order chi connectivity index (χ1) is 9.69. The summed E-state index contributed by atoms with van der Waals surface area (Å²) in [6, 6.07) is 5.50. The van der Waals surface area contributed by atoms with Crippen molar-refractivity contribution in [2.45, 2.75) is 32.2 Å². The standard InChI is InChI=1S/C16H24ClNO2/c1-20-9-3-5-13-4-2-8-18(11-13)12-14-6-7-16(19)15(17)10-14/h6-7,10,13,19H,2-5,8-9,11-12H2,1H3/t13-/m1/s1. The molecule has 3 nitrogen and oxygen atoms in total. The molecule has 4 heteroatoms.